The molecular formula is C15H25N3O6. The summed E-state index contributed by atoms with van der Waals surface area (Å²) in [5.74, 6) is -3.70. The Morgan fingerprint density at radius 2 is 1.83 bits per heavy atom. The van der Waals surface area contributed by atoms with Gasteiger partial charge in [-0.05, 0) is 31.7 Å². The highest BCUT2D eigenvalue weighted by Crippen LogP contribution is 2.08. The van der Waals surface area contributed by atoms with Crippen LogP contribution in [0.4, 0.5) is 0 Å². The molecule has 0 bridgehead atoms. The van der Waals surface area contributed by atoms with Crippen LogP contribution in [0.5, 0.6) is 0 Å². The molecule has 0 aliphatic carbocycles. The number of carbonyl (C=O) groups excluding carboxylic acids is 2. The van der Waals surface area contributed by atoms with Crippen molar-refractivity contribution in [2.45, 2.75) is 57.7 Å². The summed E-state index contributed by atoms with van der Waals surface area (Å²) in [7, 11) is 0. The average Bonchev–Trinajstić information content (AvgIpc) is 3.01. The van der Waals surface area contributed by atoms with E-state index < -0.39 is 36.0 Å². The Morgan fingerprint density at radius 1 is 1.17 bits per heavy atom. The number of carboxylic acids is 2. The molecule has 1 saturated heterocycles. The monoisotopic (exact) mass is 343 g/mol. The molecule has 2 amide bonds. The largest absolute Gasteiger partial charge is 0.481 e. The summed E-state index contributed by atoms with van der Waals surface area (Å²) in [6.45, 7) is 4.00. The minimum absolute atomic E-state index is 0.107. The lowest BCUT2D eigenvalue weighted by molar-refractivity contribution is -0.144. The molecule has 1 aliphatic heterocycles. The van der Waals surface area contributed by atoms with Crippen LogP contribution in [-0.2, 0) is 19.2 Å². The molecule has 0 radical (unpaired) electrons. The van der Waals surface area contributed by atoms with Crippen molar-refractivity contribution in [3.05, 3.63) is 0 Å². The van der Waals surface area contributed by atoms with Crippen molar-refractivity contribution >= 4 is 23.8 Å². The van der Waals surface area contributed by atoms with Gasteiger partial charge in [0.05, 0.1) is 6.04 Å². The molecule has 136 valence electrons. The summed E-state index contributed by atoms with van der Waals surface area (Å²) in [4.78, 5) is 46.4. The smallest absolute Gasteiger partial charge is 0.326 e. The van der Waals surface area contributed by atoms with Gasteiger partial charge in [0.1, 0.15) is 12.1 Å². The Kier molecular flexibility index (Phi) is 7.63. The first-order valence-corrected chi connectivity index (χ1v) is 8.01. The molecule has 0 unspecified atom stereocenters. The lowest BCUT2D eigenvalue weighted by Gasteiger charge is -2.24. The van der Waals surface area contributed by atoms with Crippen LogP contribution in [0.15, 0.2) is 0 Å². The van der Waals surface area contributed by atoms with Gasteiger partial charge < -0.3 is 26.2 Å². The standard InChI is InChI=1S/C15H25N3O6/c1-8(2)12(15(23)24)18-14(22)10(5-6-11(19)20)17-13(21)9-4-3-7-16-9/h8-10,12,16H,3-7H2,1-2H3,(H,17,21)(H,18,22)(H,19,20)(H,23,24)/t9-,10-,12-/m0/s1. The van der Waals surface area contributed by atoms with E-state index in [9.17, 15) is 19.2 Å². The third-order valence-corrected chi connectivity index (χ3v) is 3.89. The Balaban J connectivity index is 2.75. The second-order valence-corrected chi connectivity index (χ2v) is 6.21. The fourth-order valence-corrected chi connectivity index (χ4v) is 2.48. The van der Waals surface area contributed by atoms with Gasteiger partial charge in [0.25, 0.3) is 0 Å². The van der Waals surface area contributed by atoms with E-state index in [4.69, 9.17) is 10.2 Å². The second kappa shape index (κ2) is 9.21. The Hall–Kier alpha value is -2.16. The van der Waals surface area contributed by atoms with Crippen molar-refractivity contribution in [1.82, 2.24) is 16.0 Å². The van der Waals surface area contributed by atoms with Gasteiger partial charge in [-0.25, -0.2) is 4.79 Å². The summed E-state index contributed by atoms with van der Waals surface area (Å²) in [5, 5.41) is 25.8. The maximum atomic E-state index is 12.3. The summed E-state index contributed by atoms with van der Waals surface area (Å²) < 4.78 is 0. The zero-order valence-corrected chi connectivity index (χ0v) is 13.9. The van der Waals surface area contributed by atoms with Crippen LogP contribution in [0, 0.1) is 5.92 Å². The highest BCUT2D eigenvalue weighted by molar-refractivity contribution is 5.92. The molecule has 1 fully saturated rings. The number of nitrogens with one attached hydrogen (secondary N) is 3. The van der Waals surface area contributed by atoms with Gasteiger partial charge in [0, 0.05) is 6.42 Å². The van der Waals surface area contributed by atoms with E-state index in [0.29, 0.717) is 13.0 Å². The molecule has 9 nitrogen and oxygen atoms in total. The average molecular weight is 343 g/mol. The van der Waals surface area contributed by atoms with Crippen LogP contribution < -0.4 is 16.0 Å². The maximum Gasteiger partial charge on any atom is 0.326 e. The SMILES string of the molecule is CC(C)[C@H](NC(=O)[C@H](CCC(=O)O)NC(=O)[C@@H]1CCCN1)C(=O)O. The highest BCUT2D eigenvalue weighted by Gasteiger charge is 2.31. The number of hydrogen-bond acceptors (Lipinski definition) is 5. The summed E-state index contributed by atoms with van der Waals surface area (Å²) in [6, 6.07) is -2.60. The predicted molar refractivity (Wildman–Crippen MR) is 84.2 cm³/mol. The molecule has 1 aliphatic rings. The lowest BCUT2D eigenvalue weighted by Crippen LogP contribution is -2.55. The van der Waals surface area contributed by atoms with Gasteiger partial charge in [0.15, 0.2) is 0 Å². The molecule has 24 heavy (non-hydrogen) atoms. The van der Waals surface area contributed by atoms with Gasteiger partial charge in [-0.1, -0.05) is 13.8 Å². The topological polar surface area (TPSA) is 145 Å². The highest BCUT2D eigenvalue weighted by atomic mass is 16.4. The second-order valence-electron chi connectivity index (χ2n) is 6.21. The lowest BCUT2D eigenvalue weighted by atomic mass is 10.0. The molecule has 0 aromatic rings. The van der Waals surface area contributed by atoms with Crippen LogP contribution in [0.2, 0.25) is 0 Å². The zero-order chi connectivity index (χ0) is 18.3. The molecule has 0 aromatic carbocycles. The molecular weight excluding hydrogens is 318 g/mol. The van der Waals surface area contributed by atoms with Gasteiger partial charge in [0.2, 0.25) is 11.8 Å². The van der Waals surface area contributed by atoms with Crippen molar-refractivity contribution in [1.29, 1.82) is 0 Å². The van der Waals surface area contributed by atoms with Gasteiger partial charge in [-0.15, -0.1) is 0 Å². The normalized spacial score (nSPS) is 19.5. The van der Waals surface area contributed by atoms with Crippen LogP contribution in [-0.4, -0.2) is 58.6 Å². The Morgan fingerprint density at radius 3 is 2.29 bits per heavy atom. The van der Waals surface area contributed by atoms with Crippen molar-refractivity contribution in [3.63, 3.8) is 0 Å². The minimum atomic E-state index is -1.18. The van der Waals surface area contributed by atoms with Gasteiger partial charge in [-0.2, -0.15) is 0 Å². The molecule has 0 saturated carbocycles. The van der Waals surface area contributed by atoms with Gasteiger partial charge >= 0.3 is 11.9 Å². The van der Waals surface area contributed by atoms with E-state index in [1.807, 2.05) is 0 Å². The third-order valence-electron chi connectivity index (χ3n) is 3.89. The third kappa shape index (κ3) is 6.15. The summed E-state index contributed by atoms with van der Waals surface area (Å²) in [6.07, 6.45) is 1.07. The number of hydrogen-bond donors (Lipinski definition) is 5. The van der Waals surface area contributed by atoms with Crippen LogP contribution in [0.1, 0.15) is 39.5 Å². The zero-order valence-electron chi connectivity index (χ0n) is 13.9. The van der Waals surface area contributed by atoms with E-state index in [2.05, 4.69) is 16.0 Å². The van der Waals surface area contributed by atoms with Crippen LogP contribution in [0.3, 0.4) is 0 Å². The van der Waals surface area contributed by atoms with Gasteiger partial charge in [-0.3, -0.25) is 14.4 Å². The summed E-state index contributed by atoms with van der Waals surface area (Å²) >= 11 is 0. The Labute approximate surface area is 140 Å². The van der Waals surface area contributed by atoms with Crippen LogP contribution >= 0.6 is 0 Å². The molecule has 1 rings (SSSR count). The minimum Gasteiger partial charge on any atom is -0.481 e. The number of amides is 2. The molecule has 9 heteroatoms. The van der Waals surface area contributed by atoms with Crippen molar-refractivity contribution < 1.29 is 29.4 Å². The summed E-state index contributed by atoms with van der Waals surface area (Å²) in [5.41, 5.74) is 0. The number of carbonyl (C=O) groups is 4. The number of carboxylic acid groups (broad SMARTS) is 2. The first-order valence-electron chi connectivity index (χ1n) is 8.01. The number of aliphatic carboxylic acids is 2. The first kappa shape index (κ1) is 19.9. The first-order chi connectivity index (χ1) is 11.2. The van der Waals surface area contributed by atoms with Crippen LogP contribution in [0.25, 0.3) is 0 Å². The fourth-order valence-electron chi connectivity index (χ4n) is 2.48. The molecule has 5 N–H and O–H groups in total. The fraction of sp³-hybridized carbons (Fsp3) is 0.733. The molecule has 1 heterocycles. The quantitative estimate of drug-likeness (QED) is 0.373. The number of rotatable bonds is 9. The molecule has 3 atom stereocenters. The molecule has 0 aromatic heterocycles. The van der Waals surface area contributed by atoms with Crippen molar-refractivity contribution in [2.75, 3.05) is 6.54 Å². The van der Waals surface area contributed by atoms with E-state index in [0.717, 1.165) is 6.42 Å². The van der Waals surface area contributed by atoms with E-state index in [1.165, 1.54) is 0 Å². The van der Waals surface area contributed by atoms with Crippen molar-refractivity contribution in [3.8, 4) is 0 Å². The van der Waals surface area contributed by atoms with E-state index >= 15 is 0 Å². The maximum absolute atomic E-state index is 12.3. The predicted octanol–water partition coefficient (Wildman–Crippen LogP) is -0.687. The molecule has 0 spiro atoms. The van der Waals surface area contributed by atoms with E-state index in [1.54, 1.807) is 13.8 Å². The Bertz CT molecular complexity index is 488. The van der Waals surface area contributed by atoms with E-state index in [-0.39, 0.29) is 24.7 Å². The van der Waals surface area contributed by atoms with Crippen molar-refractivity contribution in [2.24, 2.45) is 5.92 Å².